The van der Waals surface area contributed by atoms with E-state index in [0.29, 0.717) is 18.4 Å². The van der Waals surface area contributed by atoms with Crippen molar-refractivity contribution in [2.24, 2.45) is 11.8 Å². The van der Waals surface area contributed by atoms with Gasteiger partial charge in [-0.05, 0) is 60.6 Å². The van der Waals surface area contributed by atoms with E-state index in [2.05, 4.69) is 58.7 Å². The van der Waals surface area contributed by atoms with Crippen LogP contribution in [0, 0.1) is 11.8 Å². The monoisotopic (exact) mass is 406 g/mol. The van der Waals surface area contributed by atoms with E-state index >= 15 is 0 Å². The fourth-order valence-electron chi connectivity index (χ4n) is 5.77. The smallest absolute Gasteiger partial charge is 0.223 e. The van der Waals surface area contributed by atoms with E-state index in [1.807, 2.05) is 0 Å². The molecule has 3 atom stereocenters. The molecule has 2 aromatic heterocycles. The van der Waals surface area contributed by atoms with Gasteiger partial charge in [0.2, 0.25) is 5.91 Å². The minimum atomic E-state index is 0.358. The molecule has 0 radical (unpaired) electrons. The zero-order valence-corrected chi connectivity index (χ0v) is 18.0. The zero-order chi connectivity index (χ0) is 19.8. The SMILES string of the molecule is CC1CCCC2C1CCCN2C(=O)CCc1c[nH]c2cccc(-c3cccs3)c12. The Morgan fingerprint density at radius 2 is 2.10 bits per heavy atom. The number of hydrogen-bond donors (Lipinski definition) is 1. The molecule has 5 rings (SSSR count). The normalized spacial score (nSPS) is 24.6. The van der Waals surface area contributed by atoms with E-state index in [4.69, 9.17) is 0 Å². The number of likely N-dealkylation sites (tertiary alicyclic amines) is 1. The number of H-pyrrole nitrogens is 1. The van der Waals surface area contributed by atoms with E-state index in [0.717, 1.165) is 30.3 Å². The Balaban J connectivity index is 1.35. The second kappa shape index (κ2) is 7.98. The average Bonchev–Trinajstić information content (AvgIpc) is 3.42. The summed E-state index contributed by atoms with van der Waals surface area (Å²) in [6.07, 6.45) is 9.83. The van der Waals surface area contributed by atoms with E-state index in [1.54, 1.807) is 11.3 Å². The summed E-state index contributed by atoms with van der Waals surface area (Å²) in [5.41, 5.74) is 3.71. The van der Waals surface area contributed by atoms with Crippen LogP contribution in [0.3, 0.4) is 0 Å². The molecule has 1 aliphatic carbocycles. The van der Waals surface area contributed by atoms with Gasteiger partial charge in [-0.2, -0.15) is 0 Å². The van der Waals surface area contributed by atoms with Crippen LogP contribution in [0.15, 0.2) is 41.9 Å². The lowest BCUT2D eigenvalue weighted by molar-refractivity contribution is -0.138. The molecule has 29 heavy (non-hydrogen) atoms. The molecule has 1 N–H and O–H groups in total. The third kappa shape index (κ3) is 3.52. The number of aromatic amines is 1. The van der Waals surface area contributed by atoms with Crippen molar-refractivity contribution >= 4 is 28.1 Å². The van der Waals surface area contributed by atoms with Gasteiger partial charge < -0.3 is 9.88 Å². The summed E-state index contributed by atoms with van der Waals surface area (Å²) in [6.45, 7) is 3.35. The third-order valence-corrected chi connectivity index (χ3v) is 8.13. The molecule has 0 bridgehead atoms. The largest absolute Gasteiger partial charge is 0.361 e. The Morgan fingerprint density at radius 1 is 1.17 bits per heavy atom. The van der Waals surface area contributed by atoms with Crippen LogP contribution in [0.1, 0.15) is 51.0 Å². The number of piperidine rings is 1. The second-order valence-corrected chi connectivity index (χ2v) is 9.84. The molecule has 3 heterocycles. The lowest BCUT2D eigenvalue weighted by Gasteiger charge is -2.47. The first-order valence-corrected chi connectivity index (χ1v) is 12.0. The summed E-state index contributed by atoms with van der Waals surface area (Å²) in [4.78, 5) is 20.2. The lowest BCUT2D eigenvalue weighted by atomic mass is 9.72. The first-order chi connectivity index (χ1) is 14.2. The molecule has 3 unspecified atom stereocenters. The molecule has 2 aliphatic rings. The van der Waals surface area contributed by atoms with Gasteiger partial charge in [0.15, 0.2) is 0 Å². The van der Waals surface area contributed by atoms with Gasteiger partial charge in [-0.1, -0.05) is 38.0 Å². The number of amides is 1. The molecule has 3 nitrogen and oxygen atoms in total. The van der Waals surface area contributed by atoms with Gasteiger partial charge in [-0.15, -0.1) is 11.3 Å². The molecule has 1 aromatic carbocycles. The predicted molar refractivity (Wildman–Crippen MR) is 121 cm³/mol. The summed E-state index contributed by atoms with van der Waals surface area (Å²) in [6, 6.07) is 11.2. The Hall–Kier alpha value is -2.07. The minimum absolute atomic E-state index is 0.358. The number of rotatable bonds is 4. The van der Waals surface area contributed by atoms with Gasteiger partial charge in [0, 0.05) is 46.5 Å². The number of benzene rings is 1. The van der Waals surface area contributed by atoms with Gasteiger partial charge in [0.05, 0.1) is 0 Å². The third-order valence-electron chi connectivity index (χ3n) is 7.22. The molecule has 4 heteroatoms. The van der Waals surface area contributed by atoms with Crippen molar-refractivity contribution in [1.29, 1.82) is 0 Å². The van der Waals surface area contributed by atoms with Gasteiger partial charge in [0.25, 0.3) is 0 Å². The number of carbonyl (C=O) groups is 1. The molecule has 1 saturated carbocycles. The summed E-state index contributed by atoms with van der Waals surface area (Å²) in [5, 5.41) is 3.41. The number of nitrogens with one attached hydrogen (secondary N) is 1. The quantitative estimate of drug-likeness (QED) is 0.546. The fourth-order valence-corrected chi connectivity index (χ4v) is 6.53. The number of fused-ring (bicyclic) bond motifs is 2. The van der Waals surface area contributed by atoms with Crippen LogP contribution in [0.2, 0.25) is 0 Å². The van der Waals surface area contributed by atoms with Crippen molar-refractivity contribution in [3.8, 4) is 10.4 Å². The van der Waals surface area contributed by atoms with E-state index in [-0.39, 0.29) is 0 Å². The van der Waals surface area contributed by atoms with E-state index in [1.165, 1.54) is 53.5 Å². The summed E-state index contributed by atoms with van der Waals surface area (Å²) in [7, 11) is 0. The molecule has 1 amide bonds. The maximum absolute atomic E-state index is 13.2. The molecule has 3 aromatic rings. The Kier molecular flexibility index (Phi) is 5.21. The van der Waals surface area contributed by atoms with Gasteiger partial charge >= 0.3 is 0 Å². The molecule has 0 spiro atoms. The standard InChI is InChI=1S/C25H30N2OS/c1-17-6-2-10-22-19(17)8-4-14-27(22)24(28)13-12-18-16-26-21-9-3-7-20(25(18)21)23-11-5-15-29-23/h3,5,7,9,11,15-17,19,22,26H,2,4,6,8,10,12-14H2,1H3. The van der Waals surface area contributed by atoms with Crippen molar-refractivity contribution in [2.45, 2.75) is 57.9 Å². The highest BCUT2D eigenvalue weighted by Gasteiger charge is 2.38. The lowest BCUT2D eigenvalue weighted by Crippen LogP contribution is -2.51. The maximum Gasteiger partial charge on any atom is 0.223 e. The summed E-state index contributed by atoms with van der Waals surface area (Å²) < 4.78 is 0. The van der Waals surface area contributed by atoms with Crippen molar-refractivity contribution in [3.05, 3.63) is 47.5 Å². The second-order valence-electron chi connectivity index (χ2n) is 8.89. The topological polar surface area (TPSA) is 36.1 Å². The Bertz CT molecular complexity index is 990. The van der Waals surface area contributed by atoms with Crippen molar-refractivity contribution in [3.63, 3.8) is 0 Å². The zero-order valence-electron chi connectivity index (χ0n) is 17.2. The van der Waals surface area contributed by atoms with Crippen LogP contribution in [-0.2, 0) is 11.2 Å². The molecular weight excluding hydrogens is 376 g/mol. The molecule has 2 fully saturated rings. The summed E-state index contributed by atoms with van der Waals surface area (Å²) in [5.74, 6) is 1.85. The van der Waals surface area contributed by atoms with Gasteiger partial charge in [-0.3, -0.25) is 4.79 Å². The highest BCUT2D eigenvalue weighted by Crippen LogP contribution is 2.39. The van der Waals surface area contributed by atoms with Crippen molar-refractivity contribution in [2.75, 3.05) is 6.54 Å². The first kappa shape index (κ1) is 18.9. The van der Waals surface area contributed by atoms with E-state index < -0.39 is 0 Å². The highest BCUT2D eigenvalue weighted by molar-refractivity contribution is 7.13. The predicted octanol–water partition coefficient (Wildman–Crippen LogP) is 6.26. The maximum atomic E-state index is 13.2. The molecule has 1 saturated heterocycles. The number of aromatic nitrogens is 1. The van der Waals surface area contributed by atoms with E-state index in [9.17, 15) is 4.79 Å². The summed E-state index contributed by atoms with van der Waals surface area (Å²) >= 11 is 1.77. The average molecular weight is 407 g/mol. The number of nitrogens with zero attached hydrogens (tertiary/aromatic N) is 1. The van der Waals surface area contributed by atoms with Crippen LogP contribution in [0.25, 0.3) is 21.3 Å². The molecular formula is C25H30N2OS. The molecule has 152 valence electrons. The van der Waals surface area contributed by atoms with Crippen LogP contribution in [0.4, 0.5) is 0 Å². The number of aryl methyl sites for hydroxylation is 1. The first-order valence-electron chi connectivity index (χ1n) is 11.1. The number of carbonyl (C=O) groups excluding carboxylic acids is 1. The Morgan fingerprint density at radius 3 is 2.97 bits per heavy atom. The number of hydrogen-bond acceptors (Lipinski definition) is 2. The Labute approximate surface area is 177 Å². The minimum Gasteiger partial charge on any atom is -0.361 e. The van der Waals surface area contributed by atoms with Gasteiger partial charge in [-0.25, -0.2) is 0 Å². The van der Waals surface area contributed by atoms with Crippen LogP contribution >= 0.6 is 11.3 Å². The molecule has 1 aliphatic heterocycles. The van der Waals surface area contributed by atoms with Crippen LogP contribution in [0.5, 0.6) is 0 Å². The number of thiophene rings is 1. The van der Waals surface area contributed by atoms with Gasteiger partial charge in [0.1, 0.15) is 0 Å². The van der Waals surface area contributed by atoms with Crippen molar-refractivity contribution < 1.29 is 4.79 Å². The van der Waals surface area contributed by atoms with Crippen LogP contribution in [-0.4, -0.2) is 28.4 Å². The fraction of sp³-hybridized carbons (Fsp3) is 0.480. The van der Waals surface area contributed by atoms with Crippen molar-refractivity contribution in [1.82, 2.24) is 9.88 Å². The highest BCUT2D eigenvalue weighted by atomic mass is 32.1. The van der Waals surface area contributed by atoms with Crippen LogP contribution < -0.4 is 0 Å².